The van der Waals surface area contributed by atoms with E-state index < -0.39 is 34.1 Å². The van der Waals surface area contributed by atoms with Gasteiger partial charge in [0.2, 0.25) is 21.8 Å². The number of hydrogen-bond donors (Lipinski definition) is 1. The molecule has 0 bridgehead atoms. The van der Waals surface area contributed by atoms with Crippen molar-refractivity contribution < 1.29 is 18.0 Å². The van der Waals surface area contributed by atoms with Gasteiger partial charge in [-0.05, 0) is 44.0 Å². The number of anilines is 1. The number of rotatable bonds is 10. The van der Waals surface area contributed by atoms with Crippen molar-refractivity contribution in [3.05, 3.63) is 100 Å². The van der Waals surface area contributed by atoms with Crippen LogP contribution in [0.5, 0.6) is 0 Å². The summed E-state index contributed by atoms with van der Waals surface area (Å²) in [5.74, 6) is -0.910. The predicted octanol–water partition coefficient (Wildman–Crippen LogP) is 5.31. The number of nitrogens with one attached hydrogen (secondary N) is 1. The lowest BCUT2D eigenvalue weighted by Gasteiger charge is -2.35. The fourth-order valence-electron chi connectivity index (χ4n) is 4.07. The number of hydrogen-bond acceptors (Lipinski definition) is 4. The molecule has 0 fully saturated rings. The topological polar surface area (TPSA) is 86.8 Å². The minimum Gasteiger partial charge on any atom is -0.350 e. The molecule has 208 valence electrons. The van der Waals surface area contributed by atoms with E-state index in [0.29, 0.717) is 0 Å². The Balaban J connectivity index is 2.08. The Bertz CT molecular complexity index is 1400. The van der Waals surface area contributed by atoms with E-state index in [1.165, 1.54) is 17.0 Å². The maximum Gasteiger partial charge on any atom is 0.244 e. The first-order chi connectivity index (χ1) is 18.3. The summed E-state index contributed by atoms with van der Waals surface area (Å²) in [5.41, 5.74) is 1.17. The lowest BCUT2D eigenvalue weighted by Crippen LogP contribution is -2.56. The van der Waals surface area contributed by atoms with E-state index >= 15 is 0 Å². The van der Waals surface area contributed by atoms with E-state index in [1.807, 2.05) is 81.4 Å². The Kier molecular flexibility index (Phi) is 10.0. The molecule has 39 heavy (non-hydrogen) atoms. The number of carbonyl (C=O) groups excluding carboxylic acids is 2. The molecular formula is C29H33Cl2N3O4S. The zero-order valence-corrected chi connectivity index (χ0v) is 24.7. The zero-order valence-electron chi connectivity index (χ0n) is 22.4. The maximum atomic E-state index is 14.0. The van der Waals surface area contributed by atoms with Crippen LogP contribution in [0.25, 0.3) is 0 Å². The van der Waals surface area contributed by atoms with Crippen molar-refractivity contribution in [3.8, 4) is 0 Å². The molecule has 3 aromatic rings. The van der Waals surface area contributed by atoms with Crippen LogP contribution in [0.2, 0.25) is 10.0 Å². The molecule has 0 saturated carbocycles. The smallest absolute Gasteiger partial charge is 0.244 e. The molecule has 0 aromatic heterocycles. The Hall–Kier alpha value is -3.07. The molecule has 10 heteroatoms. The van der Waals surface area contributed by atoms with Crippen LogP contribution in [0.1, 0.15) is 31.9 Å². The Labute approximate surface area is 240 Å². The standard InChI is InChI=1S/C29H33Cl2N3O4S/c1-29(2,3)32-28(36)25(18-21-12-7-5-8-13-21)33(19-22-14-9-6-10-15-22)26(35)20-34(39(4,37)38)24-17-11-16-23(30)27(24)31/h5-17,25H,18-20H2,1-4H3,(H,32,36). The summed E-state index contributed by atoms with van der Waals surface area (Å²) in [4.78, 5) is 29.1. The van der Waals surface area contributed by atoms with Gasteiger partial charge in [0.15, 0.2) is 0 Å². The average Bonchev–Trinajstić information content (AvgIpc) is 2.86. The van der Waals surface area contributed by atoms with Crippen LogP contribution in [0, 0.1) is 0 Å². The van der Waals surface area contributed by atoms with Gasteiger partial charge in [0.05, 0.1) is 22.0 Å². The van der Waals surface area contributed by atoms with Crippen molar-refractivity contribution >= 4 is 50.7 Å². The third-order valence-corrected chi connectivity index (χ3v) is 7.78. The zero-order chi connectivity index (χ0) is 28.8. The number of nitrogens with zero attached hydrogens (tertiary/aromatic N) is 2. The van der Waals surface area contributed by atoms with Crippen molar-refractivity contribution in [2.75, 3.05) is 17.1 Å². The number of halogens is 2. The summed E-state index contributed by atoms with van der Waals surface area (Å²) >= 11 is 12.5. The summed E-state index contributed by atoms with van der Waals surface area (Å²) < 4.78 is 26.7. The molecule has 0 spiro atoms. The highest BCUT2D eigenvalue weighted by Gasteiger charge is 2.34. The van der Waals surface area contributed by atoms with Gasteiger partial charge in [0, 0.05) is 18.5 Å². The minimum absolute atomic E-state index is 0.0123. The molecule has 0 saturated heterocycles. The van der Waals surface area contributed by atoms with Crippen molar-refractivity contribution in [1.82, 2.24) is 10.2 Å². The van der Waals surface area contributed by atoms with E-state index in [4.69, 9.17) is 23.2 Å². The van der Waals surface area contributed by atoms with E-state index in [9.17, 15) is 18.0 Å². The van der Waals surface area contributed by atoms with Gasteiger partial charge >= 0.3 is 0 Å². The molecule has 2 amide bonds. The van der Waals surface area contributed by atoms with Gasteiger partial charge in [0.25, 0.3) is 0 Å². The second-order valence-electron chi connectivity index (χ2n) is 10.3. The van der Waals surface area contributed by atoms with Crippen LogP contribution in [0.3, 0.4) is 0 Å². The van der Waals surface area contributed by atoms with E-state index in [2.05, 4.69) is 5.32 Å². The maximum absolute atomic E-state index is 14.0. The molecule has 0 heterocycles. The fraction of sp³-hybridized carbons (Fsp3) is 0.310. The Morgan fingerprint density at radius 2 is 1.44 bits per heavy atom. The molecule has 0 aliphatic rings. The number of sulfonamides is 1. The van der Waals surface area contributed by atoms with Gasteiger partial charge in [-0.15, -0.1) is 0 Å². The van der Waals surface area contributed by atoms with Gasteiger partial charge < -0.3 is 10.2 Å². The van der Waals surface area contributed by atoms with E-state index in [1.54, 1.807) is 6.07 Å². The number of carbonyl (C=O) groups is 2. The molecule has 1 N–H and O–H groups in total. The summed E-state index contributed by atoms with van der Waals surface area (Å²) in [7, 11) is -3.95. The quantitative estimate of drug-likeness (QED) is 0.347. The summed E-state index contributed by atoms with van der Waals surface area (Å²) in [5, 5.41) is 3.16. The van der Waals surface area contributed by atoms with Crippen LogP contribution < -0.4 is 9.62 Å². The van der Waals surface area contributed by atoms with Gasteiger partial charge in [-0.3, -0.25) is 13.9 Å². The molecule has 0 radical (unpaired) electrons. The average molecular weight is 591 g/mol. The van der Waals surface area contributed by atoms with Crippen LogP contribution >= 0.6 is 23.2 Å². The molecule has 1 atom stereocenters. The molecule has 0 aliphatic carbocycles. The highest BCUT2D eigenvalue weighted by molar-refractivity contribution is 7.92. The molecule has 3 aromatic carbocycles. The number of benzene rings is 3. The second kappa shape index (κ2) is 12.9. The molecular weight excluding hydrogens is 557 g/mol. The normalized spacial score (nSPS) is 12.5. The van der Waals surface area contributed by atoms with Crippen LogP contribution in [0.15, 0.2) is 78.9 Å². The van der Waals surface area contributed by atoms with Gasteiger partial charge in [-0.1, -0.05) is 89.9 Å². The van der Waals surface area contributed by atoms with Crippen molar-refractivity contribution in [3.63, 3.8) is 0 Å². The third kappa shape index (κ3) is 8.71. The fourth-order valence-corrected chi connectivity index (χ4v) is 5.37. The van der Waals surface area contributed by atoms with Crippen LogP contribution in [-0.2, 0) is 32.6 Å². The summed E-state index contributed by atoms with van der Waals surface area (Å²) in [6.07, 6.45) is 1.23. The summed E-state index contributed by atoms with van der Waals surface area (Å²) in [6.45, 7) is 5.11. The van der Waals surface area contributed by atoms with Crippen molar-refractivity contribution in [2.45, 2.75) is 45.3 Å². The second-order valence-corrected chi connectivity index (χ2v) is 13.0. The van der Waals surface area contributed by atoms with Crippen LogP contribution in [-0.4, -0.2) is 49.5 Å². The van der Waals surface area contributed by atoms with Crippen molar-refractivity contribution in [1.29, 1.82) is 0 Å². The predicted molar refractivity (Wildman–Crippen MR) is 157 cm³/mol. The Morgan fingerprint density at radius 3 is 1.97 bits per heavy atom. The van der Waals surface area contributed by atoms with E-state index in [0.717, 1.165) is 21.7 Å². The lowest BCUT2D eigenvalue weighted by atomic mass is 10.0. The van der Waals surface area contributed by atoms with E-state index in [-0.39, 0.29) is 34.6 Å². The van der Waals surface area contributed by atoms with Gasteiger partial charge in [-0.25, -0.2) is 8.42 Å². The number of amides is 2. The molecule has 1 unspecified atom stereocenters. The largest absolute Gasteiger partial charge is 0.350 e. The summed E-state index contributed by atoms with van der Waals surface area (Å²) in [6, 6.07) is 22.3. The first kappa shape index (κ1) is 30.5. The van der Waals surface area contributed by atoms with Crippen molar-refractivity contribution in [2.24, 2.45) is 0 Å². The molecule has 7 nitrogen and oxygen atoms in total. The highest BCUT2D eigenvalue weighted by Crippen LogP contribution is 2.34. The monoisotopic (exact) mass is 589 g/mol. The van der Waals surface area contributed by atoms with Gasteiger partial charge in [-0.2, -0.15) is 0 Å². The third-order valence-electron chi connectivity index (χ3n) is 5.84. The first-order valence-electron chi connectivity index (χ1n) is 12.4. The van der Waals surface area contributed by atoms with Crippen LogP contribution in [0.4, 0.5) is 5.69 Å². The first-order valence-corrected chi connectivity index (χ1v) is 15.0. The van der Waals surface area contributed by atoms with Gasteiger partial charge in [0.1, 0.15) is 12.6 Å². The molecule has 0 aliphatic heterocycles. The highest BCUT2D eigenvalue weighted by atomic mass is 35.5. The molecule has 3 rings (SSSR count). The Morgan fingerprint density at radius 1 is 0.872 bits per heavy atom. The minimum atomic E-state index is -3.95. The SMILES string of the molecule is CC(C)(C)NC(=O)C(Cc1ccccc1)N(Cc1ccccc1)C(=O)CN(c1cccc(Cl)c1Cl)S(C)(=O)=O. The lowest BCUT2D eigenvalue weighted by molar-refractivity contribution is -0.140.